The zero-order chi connectivity index (χ0) is 14.7. The summed E-state index contributed by atoms with van der Waals surface area (Å²) >= 11 is 1.38. The first-order valence-corrected chi connectivity index (χ1v) is 7.22. The Morgan fingerprint density at radius 2 is 2.20 bits per heavy atom. The van der Waals surface area contributed by atoms with Crippen molar-refractivity contribution >= 4 is 17.7 Å². The van der Waals surface area contributed by atoms with Crippen LogP contribution in [0, 0.1) is 6.92 Å². The predicted molar refractivity (Wildman–Crippen MR) is 75.9 cm³/mol. The number of carboxylic acids is 1. The Bertz CT molecular complexity index is 639. The van der Waals surface area contributed by atoms with Crippen LogP contribution in [0.2, 0.25) is 0 Å². The Kier molecular flexibility index (Phi) is 4.39. The van der Waals surface area contributed by atoms with Gasteiger partial charge in [0.2, 0.25) is 0 Å². The van der Waals surface area contributed by atoms with Crippen molar-refractivity contribution in [2.24, 2.45) is 7.05 Å². The number of aromatic nitrogens is 4. The molecular formula is C13H16N4O2S. The van der Waals surface area contributed by atoms with E-state index in [-0.39, 0.29) is 5.56 Å². The summed E-state index contributed by atoms with van der Waals surface area (Å²) in [4.78, 5) is 19.9. The van der Waals surface area contributed by atoms with Gasteiger partial charge < -0.3 is 5.11 Å². The third-order valence-corrected chi connectivity index (χ3v) is 3.77. The summed E-state index contributed by atoms with van der Waals surface area (Å²) in [6.45, 7) is 3.65. The number of rotatable bonds is 5. The predicted octanol–water partition coefficient (Wildman–Crippen LogP) is 2.07. The maximum atomic E-state index is 11.3. The molecule has 0 fully saturated rings. The van der Waals surface area contributed by atoms with Gasteiger partial charge >= 0.3 is 5.97 Å². The van der Waals surface area contributed by atoms with E-state index in [1.165, 1.54) is 11.8 Å². The molecule has 20 heavy (non-hydrogen) atoms. The molecule has 7 heteroatoms. The zero-order valence-corrected chi connectivity index (χ0v) is 12.4. The van der Waals surface area contributed by atoms with Gasteiger partial charge in [0.25, 0.3) is 0 Å². The maximum absolute atomic E-state index is 11.3. The van der Waals surface area contributed by atoms with Gasteiger partial charge in [-0.05, 0) is 13.0 Å². The van der Waals surface area contributed by atoms with E-state index in [9.17, 15) is 9.90 Å². The molecule has 0 saturated heterocycles. The second-order valence-electron chi connectivity index (χ2n) is 4.33. The zero-order valence-electron chi connectivity index (χ0n) is 11.6. The van der Waals surface area contributed by atoms with E-state index in [1.54, 1.807) is 11.6 Å². The summed E-state index contributed by atoms with van der Waals surface area (Å²) in [6.07, 6.45) is 2.54. The summed E-state index contributed by atoms with van der Waals surface area (Å²) in [6, 6.07) is 1.90. The average Bonchev–Trinajstić information content (AvgIpc) is 2.81. The normalized spacial score (nSPS) is 10.8. The van der Waals surface area contributed by atoms with Gasteiger partial charge in [-0.1, -0.05) is 18.7 Å². The van der Waals surface area contributed by atoms with Crippen molar-refractivity contribution < 1.29 is 9.90 Å². The fourth-order valence-corrected chi connectivity index (χ4v) is 2.78. The largest absolute Gasteiger partial charge is 0.478 e. The van der Waals surface area contributed by atoms with Gasteiger partial charge in [-0.3, -0.25) is 4.68 Å². The fraction of sp³-hybridized carbons (Fsp3) is 0.385. The quantitative estimate of drug-likeness (QED) is 0.671. The van der Waals surface area contributed by atoms with Crippen LogP contribution in [0.5, 0.6) is 0 Å². The molecule has 0 aliphatic carbocycles. The molecule has 0 atom stereocenters. The van der Waals surface area contributed by atoms with Crippen LogP contribution in [0.3, 0.4) is 0 Å². The smallest absolute Gasteiger partial charge is 0.340 e. The van der Waals surface area contributed by atoms with Crippen molar-refractivity contribution in [1.82, 2.24) is 19.7 Å². The highest BCUT2D eigenvalue weighted by atomic mass is 32.2. The summed E-state index contributed by atoms with van der Waals surface area (Å²) in [5, 5.41) is 14.1. The molecule has 2 aromatic rings. The average molecular weight is 292 g/mol. The third-order valence-electron chi connectivity index (χ3n) is 2.76. The number of carbonyl (C=O) groups is 1. The van der Waals surface area contributed by atoms with Gasteiger partial charge in [0.1, 0.15) is 16.4 Å². The lowest BCUT2D eigenvalue weighted by atomic mass is 10.2. The van der Waals surface area contributed by atoms with Crippen molar-refractivity contribution in [3.63, 3.8) is 0 Å². The van der Waals surface area contributed by atoms with Gasteiger partial charge in [0.15, 0.2) is 0 Å². The molecule has 0 spiro atoms. The van der Waals surface area contributed by atoms with Gasteiger partial charge in [-0.25, -0.2) is 14.8 Å². The van der Waals surface area contributed by atoms with Crippen molar-refractivity contribution in [3.05, 3.63) is 35.0 Å². The number of carboxylic acid groups (broad SMARTS) is 1. The molecule has 2 rings (SSSR count). The van der Waals surface area contributed by atoms with Crippen LogP contribution in [0.15, 0.2) is 17.3 Å². The Labute approximate surface area is 121 Å². The monoisotopic (exact) mass is 292 g/mol. The number of hydrogen-bond acceptors (Lipinski definition) is 5. The Morgan fingerprint density at radius 1 is 1.45 bits per heavy atom. The highest BCUT2D eigenvalue weighted by Gasteiger charge is 2.18. The third kappa shape index (κ3) is 3.16. The molecule has 0 saturated carbocycles. The number of aromatic carboxylic acids is 1. The van der Waals surface area contributed by atoms with E-state index in [0.717, 1.165) is 5.69 Å². The van der Waals surface area contributed by atoms with E-state index in [2.05, 4.69) is 15.1 Å². The summed E-state index contributed by atoms with van der Waals surface area (Å²) < 4.78 is 1.72. The topological polar surface area (TPSA) is 80.9 Å². The molecule has 1 N–H and O–H groups in total. The number of nitrogens with zero attached hydrogens (tertiary/aromatic N) is 4. The van der Waals surface area contributed by atoms with Crippen LogP contribution in [0.1, 0.15) is 34.5 Å². The summed E-state index contributed by atoms with van der Waals surface area (Å²) in [5.74, 6) is 0.255. The first kappa shape index (κ1) is 14.5. The van der Waals surface area contributed by atoms with Crippen molar-refractivity contribution in [3.8, 4) is 0 Å². The lowest BCUT2D eigenvalue weighted by molar-refractivity contribution is 0.0690. The standard InChI is InChI=1S/C13H16N4O2S/c1-4-10-14-8(2)11(13(18)19)12(15-10)20-7-9-5-6-17(3)16-9/h5-6H,4,7H2,1-3H3,(H,18,19). The number of hydrogen-bond donors (Lipinski definition) is 1. The molecular weight excluding hydrogens is 276 g/mol. The molecule has 0 unspecified atom stereocenters. The van der Waals surface area contributed by atoms with Gasteiger partial charge in [0, 0.05) is 25.4 Å². The van der Waals surface area contributed by atoms with Gasteiger partial charge in [0.05, 0.1) is 11.4 Å². The van der Waals surface area contributed by atoms with E-state index in [0.29, 0.717) is 28.7 Å². The van der Waals surface area contributed by atoms with Crippen LogP contribution >= 0.6 is 11.8 Å². The Hall–Kier alpha value is -1.89. The van der Waals surface area contributed by atoms with E-state index in [4.69, 9.17) is 0 Å². The summed E-state index contributed by atoms with van der Waals surface area (Å²) in [5.41, 5.74) is 1.58. The lowest BCUT2D eigenvalue weighted by Gasteiger charge is -2.08. The lowest BCUT2D eigenvalue weighted by Crippen LogP contribution is -2.09. The highest BCUT2D eigenvalue weighted by molar-refractivity contribution is 7.98. The van der Waals surface area contributed by atoms with Gasteiger partial charge in [-0.2, -0.15) is 5.10 Å². The highest BCUT2D eigenvalue weighted by Crippen LogP contribution is 2.25. The fourth-order valence-electron chi connectivity index (χ4n) is 1.79. The molecule has 2 heterocycles. The van der Waals surface area contributed by atoms with Crippen LogP contribution in [0.4, 0.5) is 0 Å². The van der Waals surface area contributed by atoms with Crippen LogP contribution < -0.4 is 0 Å². The summed E-state index contributed by atoms with van der Waals surface area (Å²) in [7, 11) is 1.85. The molecule has 2 aromatic heterocycles. The van der Waals surface area contributed by atoms with E-state index >= 15 is 0 Å². The molecule has 106 valence electrons. The van der Waals surface area contributed by atoms with Crippen molar-refractivity contribution in [1.29, 1.82) is 0 Å². The molecule has 0 bridgehead atoms. The van der Waals surface area contributed by atoms with Gasteiger partial charge in [-0.15, -0.1) is 0 Å². The minimum absolute atomic E-state index is 0.183. The first-order chi connectivity index (χ1) is 9.51. The first-order valence-electron chi connectivity index (χ1n) is 6.23. The molecule has 0 aliphatic rings. The van der Waals surface area contributed by atoms with Crippen molar-refractivity contribution in [2.45, 2.75) is 31.0 Å². The molecule has 0 aromatic carbocycles. The molecule has 6 nitrogen and oxygen atoms in total. The van der Waals surface area contributed by atoms with Crippen molar-refractivity contribution in [2.75, 3.05) is 0 Å². The SMILES string of the molecule is CCc1nc(C)c(C(=O)O)c(SCc2ccn(C)n2)n1. The van der Waals surface area contributed by atoms with Crippen LogP contribution in [-0.4, -0.2) is 30.8 Å². The number of thioether (sulfide) groups is 1. The second kappa shape index (κ2) is 6.04. The van der Waals surface area contributed by atoms with E-state index < -0.39 is 5.97 Å². The maximum Gasteiger partial charge on any atom is 0.340 e. The Morgan fingerprint density at radius 3 is 2.75 bits per heavy atom. The molecule has 0 radical (unpaired) electrons. The second-order valence-corrected chi connectivity index (χ2v) is 5.30. The van der Waals surface area contributed by atoms with Crippen LogP contribution in [-0.2, 0) is 19.2 Å². The number of aryl methyl sites for hydroxylation is 3. The minimum Gasteiger partial charge on any atom is -0.478 e. The minimum atomic E-state index is -0.992. The molecule has 0 amide bonds. The Balaban J connectivity index is 2.28. The molecule has 0 aliphatic heterocycles. The van der Waals surface area contributed by atoms with Crippen LogP contribution in [0.25, 0.3) is 0 Å². The van der Waals surface area contributed by atoms with E-state index in [1.807, 2.05) is 26.2 Å².